The third kappa shape index (κ3) is 4.66. The van der Waals surface area contributed by atoms with Crippen molar-refractivity contribution in [3.63, 3.8) is 0 Å². The van der Waals surface area contributed by atoms with Gasteiger partial charge in [-0.05, 0) is 36.6 Å². The van der Waals surface area contributed by atoms with E-state index in [9.17, 15) is 0 Å². The van der Waals surface area contributed by atoms with Crippen LogP contribution in [0.25, 0.3) is 0 Å². The van der Waals surface area contributed by atoms with E-state index in [4.69, 9.17) is 11.6 Å². The summed E-state index contributed by atoms with van der Waals surface area (Å²) in [6.07, 6.45) is 2.40. The second-order valence-electron chi connectivity index (χ2n) is 3.71. The molecule has 1 atom stereocenters. The molecule has 1 aromatic heterocycles. The lowest BCUT2D eigenvalue weighted by molar-refractivity contribution is 0.585. The Labute approximate surface area is 112 Å². The maximum atomic E-state index is 6.19. The standard InChI is InChI=1S/C12H20ClNS2/c1-3-6-14-11(9-15-7-4-2)12-10(13)5-8-16-12/h5,8,11,14H,3-4,6-7,9H2,1-2H3. The SMILES string of the molecule is CCCNC(CSCCC)c1sccc1Cl. The van der Waals surface area contributed by atoms with Crippen molar-refractivity contribution in [2.45, 2.75) is 32.7 Å². The lowest BCUT2D eigenvalue weighted by Crippen LogP contribution is -2.23. The van der Waals surface area contributed by atoms with Gasteiger partial charge in [-0.15, -0.1) is 11.3 Å². The Morgan fingerprint density at radius 1 is 1.44 bits per heavy atom. The lowest BCUT2D eigenvalue weighted by atomic mass is 10.2. The van der Waals surface area contributed by atoms with Crippen molar-refractivity contribution in [2.75, 3.05) is 18.1 Å². The Morgan fingerprint density at radius 2 is 2.25 bits per heavy atom. The van der Waals surface area contributed by atoms with Gasteiger partial charge in [0.1, 0.15) is 0 Å². The molecule has 92 valence electrons. The molecule has 1 N–H and O–H groups in total. The first-order valence-corrected chi connectivity index (χ1v) is 8.24. The average Bonchev–Trinajstić information content (AvgIpc) is 2.70. The van der Waals surface area contributed by atoms with Gasteiger partial charge in [0, 0.05) is 10.6 Å². The van der Waals surface area contributed by atoms with Crippen LogP contribution < -0.4 is 5.32 Å². The Hall–Kier alpha value is 0.300. The predicted molar refractivity (Wildman–Crippen MR) is 78.0 cm³/mol. The van der Waals surface area contributed by atoms with E-state index in [0.717, 1.165) is 23.7 Å². The molecule has 0 saturated heterocycles. The molecule has 0 aliphatic heterocycles. The largest absolute Gasteiger partial charge is 0.309 e. The molecule has 4 heteroatoms. The van der Waals surface area contributed by atoms with Gasteiger partial charge in [-0.25, -0.2) is 0 Å². The topological polar surface area (TPSA) is 12.0 Å². The zero-order chi connectivity index (χ0) is 11.8. The monoisotopic (exact) mass is 277 g/mol. The average molecular weight is 278 g/mol. The first-order valence-electron chi connectivity index (χ1n) is 5.83. The van der Waals surface area contributed by atoms with E-state index >= 15 is 0 Å². The molecule has 0 aliphatic rings. The highest BCUT2D eigenvalue weighted by molar-refractivity contribution is 7.99. The summed E-state index contributed by atoms with van der Waals surface area (Å²) < 4.78 is 0. The van der Waals surface area contributed by atoms with Crippen molar-refractivity contribution < 1.29 is 0 Å². The summed E-state index contributed by atoms with van der Waals surface area (Å²) in [5.41, 5.74) is 0. The van der Waals surface area contributed by atoms with E-state index in [1.54, 1.807) is 11.3 Å². The molecule has 1 aromatic rings. The maximum absolute atomic E-state index is 6.19. The third-order valence-electron chi connectivity index (χ3n) is 2.23. The van der Waals surface area contributed by atoms with Crippen LogP contribution in [0.3, 0.4) is 0 Å². The minimum atomic E-state index is 0.420. The van der Waals surface area contributed by atoms with Crippen LogP contribution in [-0.4, -0.2) is 18.1 Å². The molecular weight excluding hydrogens is 258 g/mol. The van der Waals surface area contributed by atoms with Crippen LogP contribution >= 0.6 is 34.7 Å². The molecule has 0 aromatic carbocycles. The molecule has 0 aliphatic carbocycles. The van der Waals surface area contributed by atoms with Crippen LogP contribution in [0.15, 0.2) is 11.4 Å². The molecule has 1 unspecified atom stereocenters. The summed E-state index contributed by atoms with van der Waals surface area (Å²) in [5.74, 6) is 2.35. The highest BCUT2D eigenvalue weighted by Crippen LogP contribution is 2.30. The quantitative estimate of drug-likeness (QED) is 0.698. The van der Waals surface area contributed by atoms with Crippen molar-refractivity contribution in [1.29, 1.82) is 0 Å². The molecule has 0 amide bonds. The molecule has 0 saturated carbocycles. The van der Waals surface area contributed by atoms with Crippen LogP contribution in [0.4, 0.5) is 0 Å². The van der Waals surface area contributed by atoms with E-state index < -0.39 is 0 Å². The summed E-state index contributed by atoms with van der Waals surface area (Å²) in [6, 6.07) is 2.41. The lowest BCUT2D eigenvalue weighted by Gasteiger charge is -2.17. The maximum Gasteiger partial charge on any atom is 0.0561 e. The van der Waals surface area contributed by atoms with Gasteiger partial charge < -0.3 is 5.32 Å². The number of thioether (sulfide) groups is 1. The minimum Gasteiger partial charge on any atom is -0.309 e. The molecule has 0 fully saturated rings. The zero-order valence-electron chi connectivity index (χ0n) is 9.96. The van der Waals surface area contributed by atoms with Crippen molar-refractivity contribution in [3.05, 3.63) is 21.3 Å². The second kappa shape index (κ2) is 8.40. The van der Waals surface area contributed by atoms with E-state index in [-0.39, 0.29) is 0 Å². The number of hydrogen-bond donors (Lipinski definition) is 1. The van der Waals surface area contributed by atoms with Gasteiger partial charge in [-0.1, -0.05) is 25.4 Å². The summed E-state index contributed by atoms with van der Waals surface area (Å²) in [4.78, 5) is 1.29. The number of thiophene rings is 1. The fourth-order valence-corrected chi connectivity index (χ4v) is 3.79. The summed E-state index contributed by atoms with van der Waals surface area (Å²) >= 11 is 9.95. The summed E-state index contributed by atoms with van der Waals surface area (Å²) in [5, 5.41) is 6.56. The van der Waals surface area contributed by atoms with E-state index in [0.29, 0.717) is 6.04 Å². The van der Waals surface area contributed by atoms with Crippen LogP contribution in [0.2, 0.25) is 5.02 Å². The number of rotatable bonds is 8. The van der Waals surface area contributed by atoms with Crippen molar-refractivity contribution >= 4 is 34.7 Å². The Morgan fingerprint density at radius 3 is 2.81 bits per heavy atom. The Kier molecular flexibility index (Phi) is 7.54. The third-order valence-corrected chi connectivity index (χ3v) is 4.97. The van der Waals surface area contributed by atoms with Crippen molar-refractivity contribution in [3.8, 4) is 0 Å². The minimum absolute atomic E-state index is 0.420. The van der Waals surface area contributed by atoms with Gasteiger partial charge in [0.25, 0.3) is 0 Å². The van der Waals surface area contributed by atoms with Crippen LogP contribution in [0.1, 0.15) is 37.6 Å². The van der Waals surface area contributed by atoms with Gasteiger partial charge in [0.05, 0.1) is 11.1 Å². The number of hydrogen-bond acceptors (Lipinski definition) is 3. The van der Waals surface area contributed by atoms with Gasteiger partial charge in [0.15, 0.2) is 0 Å². The molecule has 0 bridgehead atoms. The first-order chi connectivity index (χ1) is 7.79. The van der Waals surface area contributed by atoms with Gasteiger partial charge in [-0.2, -0.15) is 11.8 Å². The molecule has 0 radical (unpaired) electrons. The smallest absolute Gasteiger partial charge is 0.0561 e. The van der Waals surface area contributed by atoms with Crippen molar-refractivity contribution in [1.82, 2.24) is 5.32 Å². The van der Waals surface area contributed by atoms with Crippen LogP contribution in [0, 0.1) is 0 Å². The van der Waals surface area contributed by atoms with Crippen molar-refractivity contribution in [2.24, 2.45) is 0 Å². The number of halogens is 1. The fourth-order valence-electron chi connectivity index (χ4n) is 1.45. The molecule has 1 heterocycles. The molecular formula is C12H20ClNS2. The molecule has 1 rings (SSSR count). The highest BCUT2D eigenvalue weighted by atomic mass is 35.5. The van der Waals surface area contributed by atoms with E-state index in [2.05, 4.69) is 24.5 Å². The summed E-state index contributed by atoms with van der Waals surface area (Å²) in [7, 11) is 0. The molecule has 1 nitrogen and oxygen atoms in total. The normalized spacial score (nSPS) is 12.9. The van der Waals surface area contributed by atoms with Crippen LogP contribution in [-0.2, 0) is 0 Å². The molecule has 0 spiro atoms. The van der Waals surface area contributed by atoms with E-state index in [1.165, 1.54) is 17.1 Å². The molecule has 16 heavy (non-hydrogen) atoms. The van der Waals surface area contributed by atoms with Crippen LogP contribution in [0.5, 0.6) is 0 Å². The Bertz CT molecular complexity index is 288. The highest BCUT2D eigenvalue weighted by Gasteiger charge is 2.15. The van der Waals surface area contributed by atoms with Gasteiger partial charge in [-0.3, -0.25) is 0 Å². The van der Waals surface area contributed by atoms with E-state index in [1.807, 2.05) is 17.8 Å². The summed E-state index contributed by atoms with van der Waals surface area (Å²) in [6.45, 7) is 5.48. The number of nitrogens with one attached hydrogen (secondary N) is 1. The second-order valence-corrected chi connectivity index (χ2v) is 6.22. The first kappa shape index (κ1) is 14.4. The zero-order valence-corrected chi connectivity index (χ0v) is 12.4. The Balaban J connectivity index is 2.53. The van der Waals surface area contributed by atoms with Gasteiger partial charge >= 0.3 is 0 Å². The van der Waals surface area contributed by atoms with Gasteiger partial charge in [0.2, 0.25) is 0 Å². The fraction of sp³-hybridized carbons (Fsp3) is 0.667. The predicted octanol–water partition coefficient (Wildman–Crippen LogP) is 4.59.